The van der Waals surface area contributed by atoms with E-state index in [9.17, 15) is 9.59 Å². The second-order valence-corrected chi connectivity index (χ2v) is 10.2. The lowest BCUT2D eigenvalue weighted by atomic mass is 9.72. The number of hydrogen-bond acceptors (Lipinski definition) is 6. The van der Waals surface area contributed by atoms with Gasteiger partial charge in [0.05, 0.1) is 14.2 Å². The van der Waals surface area contributed by atoms with E-state index in [1.54, 1.807) is 25.6 Å². The van der Waals surface area contributed by atoms with Crippen LogP contribution in [0.25, 0.3) is 0 Å². The number of allylic oxidation sites excluding steroid dienone is 3. The summed E-state index contributed by atoms with van der Waals surface area (Å²) in [5, 5.41) is 10.5. The van der Waals surface area contributed by atoms with Gasteiger partial charge in [0.25, 0.3) is 5.91 Å². The van der Waals surface area contributed by atoms with Crippen LogP contribution in [-0.4, -0.2) is 25.9 Å². The normalized spacial score (nSPS) is 19.3. The maximum atomic E-state index is 13.8. The van der Waals surface area contributed by atoms with Gasteiger partial charge in [0.15, 0.2) is 17.3 Å². The highest BCUT2D eigenvalue weighted by molar-refractivity contribution is 7.08. The molecule has 7 heteroatoms. The Morgan fingerprint density at radius 3 is 2.49 bits per heavy atom. The largest absolute Gasteiger partial charge is 0.493 e. The summed E-state index contributed by atoms with van der Waals surface area (Å²) >= 11 is 1.57. The van der Waals surface area contributed by atoms with Gasteiger partial charge < -0.3 is 20.1 Å². The van der Waals surface area contributed by atoms with Gasteiger partial charge in [0.1, 0.15) is 0 Å². The molecule has 1 aliphatic heterocycles. The summed E-state index contributed by atoms with van der Waals surface area (Å²) in [5.74, 6) is 0.744. The summed E-state index contributed by atoms with van der Waals surface area (Å²) in [6.45, 7) is 3.88. The number of anilines is 1. The van der Waals surface area contributed by atoms with Crippen molar-refractivity contribution >= 4 is 28.7 Å². The molecule has 0 radical (unpaired) electrons. The van der Waals surface area contributed by atoms with E-state index < -0.39 is 5.92 Å². The molecule has 2 aliphatic rings. The number of carbonyl (C=O) groups excluding carboxylic acids is 2. The Balaban J connectivity index is 1.51. The van der Waals surface area contributed by atoms with Crippen molar-refractivity contribution in [2.45, 2.75) is 38.5 Å². The number of ketones is 1. The van der Waals surface area contributed by atoms with E-state index in [0.29, 0.717) is 35.5 Å². The number of hydrogen-bond donors (Lipinski definition) is 2. The lowest BCUT2D eigenvalue weighted by Gasteiger charge is -2.36. The van der Waals surface area contributed by atoms with E-state index in [2.05, 4.69) is 10.6 Å². The van der Waals surface area contributed by atoms with Gasteiger partial charge in [-0.2, -0.15) is 11.3 Å². The molecular formula is C30H30N2O4S. The number of dihydropyridines is 1. The molecule has 0 saturated carbocycles. The van der Waals surface area contributed by atoms with Crippen molar-refractivity contribution in [3.8, 4) is 11.5 Å². The second kappa shape index (κ2) is 10.3. The van der Waals surface area contributed by atoms with Crippen LogP contribution in [0, 0.1) is 6.92 Å². The van der Waals surface area contributed by atoms with Crippen molar-refractivity contribution in [1.29, 1.82) is 0 Å². The zero-order chi connectivity index (χ0) is 26.1. The van der Waals surface area contributed by atoms with Gasteiger partial charge in [-0.1, -0.05) is 24.3 Å². The molecule has 2 heterocycles. The topological polar surface area (TPSA) is 76.7 Å². The first kappa shape index (κ1) is 24.8. The highest BCUT2D eigenvalue weighted by atomic mass is 32.1. The van der Waals surface area contributed by atoms with Crippen LogP contribution in [0.15, 0.2) is 81.8 Å². The molecule has 2 atom stereocenters. The van der Waals surface area contributed by atoms with E-state index >= 15 is 0 Å². The first-order chi connectivity index (χ1) is 17.9. The van der Waals surface area contributed by atoms with Crippen LogP contribution in [0.2, 0.25) is 0 Å². The van der Waals surface area contributed by atoms with Crippen LogP contribution in [0.4, 0.5) is 5.69 Å². The van der Waals surface area contributed by atoms with Gasteiger partial charge in [0.2, 0.25) is 0 Å². The number of rotatable bonds is 6. The van der Waals surface area contributed by atoms with Crippen LogP contribution in [0.1, 0.15) is 48.3 Å². The second-order valence-electron chi connectivity index (χ2n) is 9.46. The molecular weight excluding hydrogens is 484 g/mol. The number of ether oxygens (including phenoxy) is 2. The number of benzene rings is 2. The molecule has 0 bridgehead atoms. The number of carbonyl (C=O) groups is 2. The highest BCUT2D eigenvalue weighted by Gasteiger charge is 2.41. The number of aryl methyl sites for hydroxylation is 1. The van der Waals surface area contributed by atoms with E-state index in [4.69, 9.17) is 9.47 Å². The van der Waals surface area contributed by atoms with Crippen LogP contribution < -0.4 is 20.1 Å². The number of methoxy groups -OCH3 is 2. The summed E-state index contributed by atoms with van der Waals surface area (Å²) in [5.41, 5.74) is 6.66. The van der Waals surface area contributed by atoms with Crippen molar-refractivity contribution in [2.24, 2.45) is 0 Å². The molecule has 0 spiro atoms. The lowest BCUT2D eigenvalue weighted by molar-refractivity contribution is -0.116. The zero-order valence-electron chi connectivity index (χ0n) is 21.4. The Morgan fingerprint density at radius 2 is 1.78 bits per heavy atom. The third kappa shape index (κ3) is 4.67. The molecule has 5 rings (SSSR count). The number of Topliss-reactive ketones (excluding diaryl/α,β-unsaturated/α-hetero) is 1. The van der Waals surface area contributed by atoms with Gasteiger partial charge in [-0.15, -0.1) is 0 Å². The zero-order valence-corrected chi connectivity index (χ0v) is 22.2. The Bertz CT molecular complexity index is 1420. The van der Waals surface area contributed by atoms with Gasteiger partial charge in [-0.05, 0) is 77.9 Å². The number of nitrogens with one attached hydrogen (secondary N) is 2. The van der Waals surface area contributed by atoms with Crippen molar-refractivity contribution < 1.29 is 19.1 Å². The van der Waals surface area contributed by atoms with Crippen molar-refractivity contribution in [3.63, 3.8) is 0 Å². The van der Waals surface area contributed by atoms with Gasteiger partial charge in [-0.3, -0.25) is 9.59 Å². The molecule has 2 N–H and O–H groups in total. The lowest BCUT2D eigenvalue weighted by Crippen LogP contribution is -2.37. The first-order valence-corrected chi connectivity index (χ1v) is 13.2. The Hall–Kier alpha value is -3.84. The standard InChI is InChI=1S/C30H30N2O4S/c1-17-7-5-6-8-22(17)32-30(34)27-18(2)31-23-13-21(19-9-10-25(35-3)26(15-19)36-4)14-24(33)29(23)28(27)20-11-12-37-16-20/h5-12,15-16,21,28,31H,13-14H2,1-4H3,(H,32,34)/t21-,28+/m0/s1. The summed E-state index contributed by atoms with van der Waals surface area (Å²) in [4.78, 5) is 27.4. The summed E-state index contributed by atoms with van der Waals surface area (Å²) in [6, 6.07) is 15.5. The predicted octanol–water partition coefficient (Wildman–Crippen LogP) is 6.07. The molecule has 1 aromatic heterocycles. The average Bonchev–Trinajstić information content (AvgIpc) is 3.43. The minimum Gasteiger partial charge on any atom is -0.493 e. The molecule has 6 nitrogen and oxygen atoms in total. The molecule has 0 saturated heterocycles. The van der Waals surface area contributed by atoms with Crippen molar-refractivity contribution in [2.75, 3.05) is 19.5 Å². The van der Waals surface area contributed by atoms with Gasteiger partial charge in [-0.25, -0.2) is 0 Å². The fourth-order valence-electron chi connectivity index (χ4n) is 5.36. The highest BCUT2D eigenvalue weighted by Crippen LogP contribution is 2.46. The predicted molar refractivity (Wildman–Crippen MR) is 146 cm³/mol. The maximum absolute atomic E-state index is 13.8. The third-order valence-corrected chi connectivity index (χ3v) is 7.92. The number of para-hydroxylation sites is 1. The molecule has 1 aliphatic carbocycles. The fourth-order valence-corrected chi connectivity index (χ4v) is 6.04. The molecule has 190 valence electrons. The minimum absolute atomic E-state index is 0.00294. The molecule has 2 aromatic carbocycles. The van der Waals surface area contributed by atoms with Crippen LogP contribution in [0.3, 0.4) is 0 Å². The molecule has 1 amide bonds. The van der Waals surface area contributed by atoms with Crippen LogP contribution >= 0.6 is 11.3 Å². The van der Waals surface area contributed by atoms with E-state index in [1.807, 2.05) is 73.1 Å². The minimum atomic E-state index is -0.412. The maximum Gasteiger partial charge on any atom is 0.254 e. The third-order valence-electron chi connectivity index (χ3n) is 7.22. The Morgan fingerprint density at radius 1 is 1.00 bits per heavy atom. The quantitative estimate of drug-likeness (QED) is 0.417. The monoisotopic (exact) mass is 514 g/mol. The molecule has 0 unspecified atom stereocenters. The summed E-state index contributed by atoms with van der Waals surface area (Å²) in [6.07, 6.45) is 1.03. The van der Waals surface area contributed by atoms with Crippen molar-refractivity contribution in [1.82, 2.24) is 5.32 Å². The first-order valence-electron chi connectivity index (χ1n) is 12.3. The van der Waals surface area contributed by atoms with Crippen LogP contribution in [0.5, 0.6) is 11.5 Å². The van der Waals surface area contributed by atoms with Crippen molar-refractivity contribution in [3.05, 3.63) is 98.5 Å². The summed E-state index contributed by atoms with van der Waals surface area (Å²) < 4.78 is 10.9. The van der Waals surface area contributed by atoms with Gasteiger partial charge >= 0.3 is 0 Å². The number of thiophene rings is 1. The molecule has 37 heavy (non-hydrogen) atoms. The number of amides is 1. The smallest absolute Gasteiger partial charge is 0.254 e. The molecule has 0 fully saturated rings. The van der Waals surface area contributed by atoms with E-state index in [1.165, 1.54) is 0 Å². The van der Waals surface area contributed by atoms with E-state index in [-0.39, 0.29) is 17.6 Å². The Labute approximate surface area is 221 Å². The SMILES string of the molecule is COc1ccc([C@@H]2CC(=O)C3=C(C2)NC(C)=C(C(=O)Nc2ccccc2C)[C@H]3c2ccsc2)cc1OC. The fraction of sp³-hybridized carbons (Fsp3) is 0.267. The summed E-state index contributed by atoms with van der Waals surface area (Å²) in [7, 11) is 3.22. The van der Waals surface area contributed by atoms with Crippen LogP contribution in [-0.2, 0) is 9.59 Å². The average molecular weight is 515 g/mol. The van der Waals surface area contributed by atoms with Gasteiger partial charge in [0, 0.05) is 40.6 Å². The molecule has 3 aromatic rings. The Kier molecular flexibility index (Phi) is 6.89. The van der Waals surface area contributed by atoms with E-state index in [0.717, 1.165) is 33.8 Å².